The van der Waals surface area contributed by atoms with Crippen LogP contribution in [0.2, 0.25) is 83.6 Å². The van der Waals surface area contributed by atoms with E-state index in [2.05, 4.69) is 103 Å². The first-order valence-electron chi connectivity index (χ1n) is 19.0. The van der Waals surface area contributed by atoms with Gasteiger partial charge in [-0.2, -0.15) is 0 Å². The van der Waals surface area contributed by atoms with Gasteiger partial charge in [-0.3, -0.25) is 0 Å². The van der Waals surface area contributed by atoms with Crippen LogP contribution in [0.15, 0.2) is 30.3 Å². The molecule has 0 amide bonds. The predicted octanol–water partition coefficient (Wildman–Crippen LogP) is 9.79. The number of fused-ring (bicyclic) bond motifs is 2. The molecule has 48 heavy (non-hydrogen) atoms. The number of ether oxygens (including phenoxy) is 2. The van der Waals surface area contributed by atoms with E-state index in [9.17, 15) is 0 Å². The minimum Gasteiger partial charge on any atom is -0.437 e. The van der Waals surface area contributed by atoms with E-state index < -0.39 is 51.6 Å². The van der Waals surface area contributed by atoms with E-state index >= 15 is 0 Å². The van der Waals surface area contributed by atoms with Gasteiger partial charge in [0.2, 0.25) is 0 Å². The topological polar surface area (TPSA) is 71.2 Å². The Labute approximate surface area is 300 Å². The molecule has 13 heteroatoms. The first-order chi connectivity index (χ1) is 22.3. The van der Waals surface area contributed by atoms with Crippen molar-refractivity contribution in [2.75, 3.05) is 0 Å². The van der Waals surface area contributed by atoms with Gasteiger partial charge in [0.15, 0.2) is 16.6 Å². The molecule has 10 atom stereocenters. The van der Waals surface area contributed by atoms with E-state index in [1.54, 1.807) is 0 Å². The molecule has 5 rings (SSSR count). The summed E-state index contributed by atoms with van der Waals surface area (Å²) in [6, 6.07) is 13.7. The summed E-state index contributed by atoms with van der Waals surface area (Å²) in [4.78, 5) is 0. The highest BCUT2D eigenvalue weighted by molar-refractivity contribution is 6.89. The Bertz CT molecular complexity index is 1190. The maximum absolute atomic E-state index is 7.53. The van der Waals surface area contributed by atoms with Crippen LogP contribution in [0.4, 0.5) is 0 Å². The molecule has 0 N–H and O–H groups in total. The molecular weight excluding hydrogens is 701 g/mol. The Kier molecular flexibility index (Phi) is 12.9. The molecule has 0 bridgehead atoms. The highest BCUT2D eigenvalue weighted by Gasteiger charge is 2.50. The minimum absolute atomic E-state index is 0.352. The third kappa shape index (κ3) is 12.4. The Morgan fingerprint density at radius 1 is 0.646 bits per heavy atom. The standard InChI is InChI=1S/C35H67O7Si6/c1-28(31-15-13-12-14-16-31)27-48(11,41-45(6,7)8)39-43(2)38-46(9,23-21-29-17-19-32-34(25-29)36-32)42-47(10,40-44(3,4)5)24-22-30-18-20-33-35(26-30)37-33/h12-16,28-30,32-35H,17-27H2,1-11H3. The van der Waals surface area contributed by atoms with Crippen LogP contribution in [0.3, 0.4) is 0 Å². The van der Waals surface area contributed by atoms with Gasteiger partial charge >= 0.3 is 35.0 Å². The lowest BCUT2D eigenvalue weighted by Crippen LogP contribution is -2.58. The summed E-state index contributed by atoms with van der Waals surface area (Å²) in [5, 5.41) is 0. The van der Waals surface area contributed by atoms with Crippen LogP contribution >= 0.6 is 0 Å². The average Bonchev–Trinajstić information content (AvgIpc) is 3.87. The van der Waals surface area contributed by atoms with Crippen LogP contribution in [-0.4, -0.2) is 76.0 Å². The van der Waals surface area contributed by atoms with Gasteiger partial charge in [-0.05, 0) is 158 Å². The number of hydrogen-bond acceptors (Lipinski definition) is 7. The third-order valence-electron chi connectivity index (χ3n) is 10.5. The Hall–Kier alpha value is 0.241. The molecule has 7 nitrogen and oxygen atoms in total. The van der Waals surface area contributed by atoms with E-state index in [-0.39, 0.29) is 0 Å². The monoisotopic (exact) mass is 767 g/mol. The molecule has 2 aliphatic carbocycles. The molecule has 273 valence electrons. The van der Waals surface area contributed by atoms with Crippen molar-refractivity contribution < 1.29 is 30.0 Å². The Morgan fingerprint density at radius 2 is 1.12 bits per heavy atom. The molecule has 2 heterocycles. The molecule has 4 aliphatic rings. The lowest BCUT2D eigenvalue weighted by Gasteiger charge is -2.43. The van der Waals surface area contributed by atoms with Crippen LogP contribution in [0.25, 0.3) is 0 Å². The molecule has 2 saturated carbocycles. The predicted molar refractivity (Wildman–Crippen MR) is 209 cm³/mol. The number of epoxide rings is 2. The normalized spacial score (nSPS) is 31.6. The minimum atomic E-state index is -2.70. The number of hydrogen-bond donors (Lipinski definition) is 0. The smallest absolute Gasteiger partial charge is 0.362 e. The van der Waals surface area contributed by atoms with Crippen molar-refractivity contribution >= 4 is 51.6 Å². The van der Waals surface area contributed by atoms with Crippen LogP contribution in [0, 0.1) is 11.8 Å². The average molecular weight is 768 g/mol. The Balaban J connectivity index is 1.32. The summed E-state index contributed by atoms with van der Waals surface area (Å²) >= 11 is 0. The van der Waals surface area contributed by atoms with Crippen molar-refractivity contribution in [3.05, 3.63) is 35.9 Å². The van der Waals surface area contributed by atoms with Crippen LogP contribution in [0.1, 0.15) is 69.8 Å². The second-order valence-corrected chi connectivity index (χ2v) is 39.7. The van der Waals surface area contributed by atoms with E-state index in [0.29, 0.717) is 42.2 Å². The molecule has 2 saturated heterocycles. The highest BCUT2D eigenvalue weighted by atomic mass is 28.5. The SMILES string of the molecule is CC(C[Si](C)(O[Si](C)O[Si](C)(CCC1CCC2OC2C1)O[Si](C)(CCC1CCC2OC2C1)O[Si](C)(C)C)O[Si](C)(C)C)c1ccccc1. The summed E-state index contributed by atoms with van der Waals surface area (Å²) in [5.74, 6) is 1.75. The maximum atomic E-state index is 7.53. The van der Waals surface area contributed by atoms with Crippen molar-refractivity contribution in [3.8, 4) is 0 Å². The second-order valence-electron chi connectivity index (χ2n) is 18.0. The number of rotatable bonds is 19. The van der Waals surface area contributed by atoms with Crippen LogP contribution < -0.4 is 0 Å². The van der Waals surface area contributed by atoms with Gasteiger partial charge in [0.05, 0.1) is 24.4 Å². The van der Waals surface area contributed by atoms with Gasteiger partial charge in [0.1, 0.15) is 0 Å². The van der Waals surface area contributed by atoms with Gasteiger partial charge < -0.3 is 30.0 Å². The van der Waals surface area contributed by atoms with E-state index in [0.717, 1.165) is 24.6 Å². The second kappa shape index (κ2) is 15.7. The summed E-state index contributed by atoms with van der Waals surface area (Å²) in [7, 11) is -13.3. The summed E-state index contributed by atoms with van der Waals surface area (Å²) in [6.45, 7) is 25.3. The zero-order valence-corrected chi connectivity index (χ0v) is 38.1. The quantitative estimate of drug-likeness (QED) is 0.103. The largest absolute Gasteiger partial charge is 0.437 e. The van der Waals surface area contributed by atoms with E-state index in [1.807, 2.05) is 0 Å². The van der Waals surface area contributed by atoms with Gasteiger partial charge in [-0.1, -0.05) is 37.3 Å². The summed E-state index contributed by atoms with van der Waals surface area (Å²) in [6.07, 6.45) is 11.7. The third-order valence-corrected chi connectivity index (χ3v) is 31.8. The molecule has 2 aliphatic heterocycles. The van der Waals surface area contributed by atoms with Crippen molar-refractivity contribution in [2.24, 2.45) is 11.8 Å². The molecule has 0 spiro atoms. The summed E-state index contributed by atoms with van der Waals surface area (Å²) in [5.41, 5.74) is 1.34. The molecular formula is C35H67O7Si6. The van der Waals surface area contributed by atoms with Gasteiger partial charge in [-0.25, -0.2) is 0 Å². The molecule has 1 radical (unpaired) electrons. The lowest BCUT2D eigenvalue weighted by atomic mass is 9.88. The van der Waals surface area contributed by atoms with Gasteiger partial charge in [0.25, 0.3) is 0 Å². The maximum Gasteiger partial charge on any atom is 0.362 e. The van der Waals surface area contributed by atoms with Gasteiger partial charge in [0, 0.05) is 0 Å². The molecule has 10 unspecified atom stereocenters. The highest BCUT2D eigenvalue weighted by Crippen LogP contribution is 2.44. The Morgan fingerprint density at radius 3 is 1.62 bits per heavy atom. The first-order valence-corrected chi connectivity index (χ1v) is 35.2. The fourth-order valence-corrected chi connectivity index (χ4v) is 35.2. The summed E-state index contributed by atoms with van der Waals surface area (Å²) < 4.78 is 47.9. The first kappa shape index (κ1) is 39.4. The fourth-order valence-electron chi connectivity index (χ4n) is 8.62. The number of benzene rings is 1. The van der Waals surface area contributed by atoms with Crippen molar-refractivity contribution in [1.29, 1.82) is 0 Å². The van der Waals surface area contributed by atoms with Crippen LogP contribution in [0.5, 0.6) is 0 Å². The fraction of sp³-hybridized carbons (Fsp3) is 0.829. The molecule has 0 aromatic heterocycles. The molecule has 1 aromatic rings. The zero-order chi connectivity index (χ0) is 35.0. The van der Waals surface area contributed by atoms with Crippen molar-refractivity contribution in [3.63, 3.8) is 0 Å². The van der Waals surface area contributed by atoms with E-state index in [4.69, 9.17) is 30.0 Å². The molecule has 4 fully saturated rings. The molecule has 1 aromatic carbocycles. The van der Waals surface area contributed by atoms with Gasteiger partial charge in [-0.15, -0.1) is 0 Å². The van der Waals surface area contributed by atoms with Crippen LogP contribution in [-0.2, 0) is 30.0 Å². The van der Waals surface area contributed by atoms with E-state index in [1.165, 1.54) is 50.5 Å². The zero-order valence-electron chi connectivity index (χ0n) is 32.1. The van der Waals surface area contributed by atoms with Crippen molar-refractivity contribution in [1.82, 2.24) is 0 Å². The van der Waals surface area contributed by atoms with Crippen molar-refractivity contribution in [2.45, 2.75) is 172 Å². The lowest BCUT2D eigenvalue weighted by molar-refractivity contribution is 0.273.